The van der Waals surface area contributed by atoms with Crippen LogP contribution in [0.25, 0.3) is 0 Å². The Morgan fingerprint density at radius 1 is 1.10 bits per heavy atom. The summed E-state index contributed by atoms with van der Waals surface area (Å²) >= 11 is 15.7. The normalized spacial score (nSPS) is 12.3. The molecule has 5 heteroatoms. The Kier molecular flexibility index (Phi) is 5.55. The standard InChI is InChI=1S/C16H16BrCl2NO/c1-9-6-10(18)4-5-12(9)15(20-2)13-7-11(19)8-14(17)16(13)21-3/h4-8,15,20H,1-3H3. The number of nitrogens with one attached hydrogen (secondary N) is 1. The SMILES string of the molecule is CNC(c1ccc(Cl)cc1C)c1cc(Cl)cc(Br)c1OC. The van der Waals surface area contributed by atoms with E-state index in [1.54, 1.807) is 7.11 Å². The number of halogens is 3. The minimum absolute atomic E-state index is 0.0350. The van der Waals surface area contributed by atoms with Crippen molar-refractivity contribution in [1.29, 1.82) is 0 Å². The van der Waals surface area contributed by atoms with Crippen LogP contribution in [-0.2, 0) is 0 Å². The Bertz CT molecular complexity index is 661. The second-order valence-electron chi connectivity index (χ2n) is 4.73. The van der Waals surface area contributed by atoms with Gasteiger partial charge in [-0.1, -0.05) is 29.3 Å². The summed E-state index contributed by atoms with van der Waals surface area (Å²) in [5.74, 6) is 0.771. The zero-order valence-electron chi connectivity index (χ0n) is 12.0. The number of hydrogen-bond donors (Lipinski definition) is 1. The maximum absolute atomic E-state index is 6.20. The summed E-state index contributed by atoms with van der Waals surface area (Å²) in [4.78, 5) is 0. The van der Waals surface area contributed by atoms with E-state index in [0.29, 0.717) is 5.02 Å². The average Bonchev–Trinajstić information content (AvgIpc) is 2.41. The number of aryl methyl sites for hydroxylation is 1. The van der Waals surface area contributed by atoms with Crippen molar-refractivity contribution in [3.63, 3.8) is 0 Å². The number of ether oxygens (including phenoxy) is 1. The minimum atomic E-state index is -0.0350. The summed E-state index contributed by atoms with van der Waals surface area (Å²) in [6, 6.07) is 9.57. The second kappa shape index (κ2) is 7.01. The van der Waals surface area contributed by atoms with Gasteiger partial charge in [0.1, 0.15) is 5.75 Å². The van der Waals surface area contributed by atoms with Crippen molar-refractivity contribution in [2.75, 3.05) is 14.2 Å². The molecule has 0 aliphatic carbocycles. The molecule has 2 nitrogen and oxygen atoms in total. The molecule has 0 aliphatic rings. The predicted molar refractivity (Wildman–Crippen MR) is 92.8 cm³/mol. The molecule has 2 aromatic rings. The van der Waals surface area contributed by atoms with Crippen molar-refractivity contribution >= 4 is 39.1 Å². The van der Waals surface area contributed by atoms with E-state index in [0.717, 1.165) is 31.9 Å². The molecule has 0 aromatic heterocycles. The van der Waals surface area contributed by atoms with Crippen LogP contribution >= 0.6 is 39.1 Å². The van der Waals surface area contributed by atoms with Gasteiger partial charge in [-0.3, -0.25) is 0 Å². The fourth-order valence-corrected chi connectivity index (χ4v) is 3.67. The molecule has 0 saturated carbocycles. The summed E-state index contributed by atoms with van der Waals surface area (Å²) in [5.41, 5.74) is 3.22. The molecule has 0 amide bonds. The molecule has 0 aliphatic heterocycles. The highest BCUT2D eigenvalue weighted by Crippen LogP contribution is 2.39. The molecule has 0 saturated heterocycles. The quantitative estimate of drug-likeness (QED) is 0.758. The molecule has 0 heterocycles. The Balaban J connectivity index is 2.61. The first-order valence-corrected chi connectivity index (χ1v) is 7.99. The summed E-state index contributed by atoms with van der Waals surface area (Å²) in [6.45, 7) is 2.04. The van der Waals surface area contributed by atoms with E-state index in [-0.39, 0.29) is 6.04 Å². The molecule has 0 spiro atoms. The predicted octanol–water partition coefficient (Wildman–Crippen LogP) is 5.38. The molecule has 21 heavy (non-hydrogen) atoms. The lowest BCUT2D eigenvalue weighted by Crippen LogP contribution is -2.19. The van der Waals surface area contributed by atoms with Gasteiger partial charge in [-0.15, -0.1) is 0 Å². The van der Waals surface area contributed by atoms with Gasteiger partial charge >= 0.3 is 0 Å². The Hall–Kier alpha value is -0.740. The summed E-state index contributed by atoms with van der Waals surface area (Å²) in [7, 11) is 3.56. The lowest BCUT2D eigenvalue weighted by molar-refractivity contribution is 0.402. The summed E-state index contributed by atoms with van der Waals surface area (Å²) in [6.07, 6.45) is 0. The summed E-state index contributed by atoms with van der Waals surface area (Å²) < 4.78 is 6.36. The zero-order valence-corrected chi connectivity index (χ0v) is 15.1. The third kappa shape index (κ3) is 3.54. The molecule has 1 atom stereocenters. The highest BCUT2D eigenvalue weighted by Gasteiger charge is 2.21. The lowest BCUT2D eigenvalue weighted by Gasteiger charge is -2.23. The van der Waals surface area contributed by atoms with E-state index in [1.807, 2.05) is 44.3 Å². The lowest BCUT2D eigenvalue weighted by atomic mass is 9.94. The van der Waals surface area contributed by atoms with Gasteiger partial charge in [-0.25, -0.2) is 0 Å². The second-order valence-corrected chi connectivity index (χ2v) is 6.46. The minimum Gasteiger partial charge on any atom is -0.495 e. The first kappa shape index (κ1) is 16.6. The van der Waals surface area contributed by atoms with Gasteiger partial charge in [0.2, 0.25) is 0 Å². The van der Waals surface area contributed by atoms with E-state index >= 15 is 0 Å². The van der Waals surface area contributed by atoms with E-state index in [4.69, 9.17) is 27.9 Å². The van der Waals surface area contributed by atoms with Gasteiger partial charge in [-0.2, -0.15) is 0 Å². The highest BCUT2D eigenvalue weighted by molar-refractivity contribution is 9.10. The van der Waals surface area contributed by atoms with Crippen LogP contribution in [0.3, 0.4) is 0 Å². The molecule has 2 aromatic carbocycles. The van der Waals surface area contributed by atoms with Crippen molar-refractivity contribution in [2.45, 2.75) is 13.0 Å². The van der Waals surface area contributed by atoms with Gasteiger partial charge in [0, 0.05) is 15.6 Å². The molecule has 112 valence electrons. The topological polar surface area (TPSA) is 21.3 Å². The van der Waals surface area contributed by atoms with Crippen LogP contribution in [0.15, 0.2) is 34.8 Å². The van der Waals surface area contributed by atoms with Crippen molar-refractivity contribution in [3.05, 3.63) is 61.5 Å². The number of benzene rings is 2. The first-order valence-electron chi connectivity index (χ1n) is 6.44. The molecule has 0 bridgehead atoms. The fourth-order valence-electron chi connectivity index (χ4n) is 2.45. The van der Waals surface area contributed by atoms with Crippen LogP contribution < -0.4 is 10.1 Å². The van der Waals surface area contributed by atoms with E-state index in [2.05, 4.69) is 21.2 Å². The third-order valence-electron chi connectivity index (χ3n) is 3.38. The van der Waals surface area contributed by atoms with Crippen LogP contribution in [0.4, 0.5) is 0 Å². The van der Waals surface area contributed by atoms with Crippen LogP contribution in [0, 0.1) is 6.92 Å². The smallest absolute Gasteiger partial charge is 0.138 e. The molecular formula is C16H16BrCl2NO. The van der Waals surface area contributed by atoms with Gasteiger partial charge < -0.3 is 10.1 Å². The first-order chi connectivity index (χ1) is 9.97. The van der Waals surface area contributed by atoms with E-state index in [1.165, 1.54) is 0 Å². The number of hydrogen-bond acceptors (Lipinski definition) is 2. The maximum atomic E-state index is 6.20. The molecule has 1 N–H and O–H groups in total. The van der Waals surface area contributed by atoms with Gasteiger partial charge in [0.05, 0.1) is 17.6 Å². The summed E-state index contributed by atoms with van der Waals surface area (Å²) in [5, 5.41) is 4.71. The fraction of sp³-hybridized carbons (Fsp3) is 0.250. The van der Waals surface area contributed by atoms with Crippen LogP contribution in [0.5, 0.6) is 5.75 Å². The zero-order chi connectivity index (χ0) is 15.6. The van der Waals surface area contributed by atoms with Crippen LogP contribution in [0.2, 0.25) is 10.0 Å². The van der Waals surface area contributed by atoms with Crippen LogP contribution in [-0.4, -0.2) is 14.2 Å². The average molecular weight is 389 g/mol. The van der Waals surface area contributed by atoms with E-state index in [9.17, 15) is 0 Å². The van der Waals surface area contributed by atoms with Crippen molar-refractivity contribution < 1.29 is 4.74 Å². The van der Waals surface area contributed by atoms with Gasteiger partial charge in [0.25, 0.3) is 0 Å². The monoisotopic (exact) mass is 387 g/mol. The Morgan fingerprint density at radius 2 is 1.81 bits per heavy atom. The van der Waals surface area contributed by atoms with Gasteiger partial charge in [0.15, 0.2) is 0 Å². The Labute approximate surface area is 143 Å². The molecule has 2 rings (SSSR count). The van der Waals surface area contributed by atoms with E-state index < -0.39 is 0 Å². The Morgan fingerprint density at radius 3 is 2.38 bits per heavy atom. The molecular weight excluding hydrogens is 373 g/mol. The van der Waals surface area contributed by atoms with Crippen molar-refractivity contribution in [1.82, 2.24) is 5.32 Å². The number of rotatable bonds is 4. The largest absolute Gasteiger partial charge is 0.495 e. The van der Waals surface area contributed by atoms with Crippen molar-refractivity contribution in [3.8, 4) is 5.75 Å². The number of methoxy groups -OCH3 is 1. The highest BCUT2D eigenvalue weighted by atomic mass is 79.9. The maximum Gasteiger partial charge on any atom is 0.138 e. The molecule has 1 unspecified atom stereocenters. The molecule has 0 radical (unpaired) electrons. The molecule has 0 fully saturated rings. The van der Waals surface area contributed by atoms with Gasteiger partial charge in [-0.05, 0) is 65.3 Å². The third-order valence-corrected chi connectivity index (χ3v) is 4.43. The van der Waals surface area contributed by atoms with Crippen LogP contribution in [0.1, 0.15) is 22.7 Å². The van der Waals surface area contributed by atoms with Crippen molar-refractivity contribution in [2.24, 2.45) is 0 Å².